The van der Waals surface area contributed by atoms with Gasteiger partial charge in [-0.25, -0.2) is 0 Å². The third-order valence-electron chi connectivity index (χ3n) is 3.57. The average molecular weight is 269 g/mol. The highest BCUT2D eigenvalue weighted by atomic mass is 32.1. The lowest BCUT2D eigenvalue weighted by molar-refractivity contribution is 0.740. The maximum atomic E-state index is 9.36. The smallest absolute Gasteiger partial charge is 0.103 e. The number of rotatable bonds is 1. The first-order valence-electron chi connectivity index (χ1n) is 6.37. The quantitative estimate of drug-likeness (QED) is 0.798. The van der Waals surface area contributed by atoms with E-state index in [-0.39, 0.29) is 0 Å². The van der Waals surface area contributed by atoms with Crippen molar-refractivity contribution < 1.29 is 0 Å². The second-order valence-corrected chi connectivity index (χ2v) is 5.90. The summed E-state index contributed by atoms with van der Waals surface area (Å²) in [4.78, 5) is 8.17. The number of aromatic nitrogens is 1. The van der Waals surface area contributed by atoms with Crippen LogP contribution in [-0.4, -0.2) is 11.5 Å². The van der Waals surface area contributed by atoms with Gasteiger partial charge in [0.2, 0.25) is 0 Å². The summed E-state index contributed by atoms with van der Waals surface area (Å²) in [6, 6.07) is 6.53. The highest BCUT2D eigenvalue weighted by Gasteiger charge is 2.21. The Morgan fingerprint density at radius 2 is 2.26 bits per heavy atom. The standard InChI is InChI=1S/C15H15N3S/c1-10-7-14(13(8-16)11(2)17-10)18-5-3-15-12(9-18)4-6-19-15/h4,6-7H,3,5,9H2,1-2H3. The van der Waals surface area contributed by atoms with Gasteiger partial charge in [-0.3, -0.25) is 4.98 Å². The molecule has 3 rings (SSSR count). The highest BCUT2D eigenvalue weighted by Crippen LogP contribution is 2.30. The van der Waals surface area contributed by atoms with Gasteiger partial charge in [0.15, 0.2) is 0 Å². The van der Waals surface area contributed by atoms with Gasteiger partial charge in [0, 0.05) is 23.7 Å². The van der Waals surface area contributed by atoms with Gasteiger partial charge in [-0.15, -0.1) is 11.3 Å². The van der Waals surface area contributed by atoms with Crippen molar-refractivity contribution in [1.29, 1.82) is 5.26 Å². The van der Waals surface area contributed by atoms with E-state index in [1.807, 2.05) is 31.3 Å². The molecule has 0 spiro atoms. The van der Waals surface area contributed by atoms with E-state index < -0.39 is 0 Å². The van der Waals surface area contributed by atoms with Gasteiger partial charge in [-0.2, -0.15) is 5.26 Å². The zero-order valence-corrected chi connectivity index (χ0v) is 11.9. The minimum Gasteiger partial charge on any atom is -0.366 e. The number of nitriles is 1. The van der Waals surface area contributed by atoms with Crippen molar-refractivity contribution in [1.82, 2.24) is 4.98 Å². The van der Waals surface area contributed by atoms with Crippen LogP contribution in [0.4, 0.5) is 5.69 Å². The van der Waals surface area contributed by atoms with Crippen molar-refractivity contribution in [2.75, 3.05) is 11.4 Å². The van der Waals surface area contributed by atoms with Crippen LogP contribution < -0.4 is 4.90 Å². The molecule has 0 amide bonds. The third-order valence-corrected chi connectivity index (χ3v) is 4.59. The van der Waals surface area contributed by atoms with Crippen molar-refractivity contribution in [3.8, 4) is 6.07 Å². The average Bonchev–Trinajstić information content (AvgIpc) is 2.85. The Balaban J connectivity index is 2.02. The molecule has 0 saturated carbocycles. The fraction of sp³-hybridized carbons (Fsp3) is 0.333. The molecule has 0 unspecified atom stereocenters. The Morgan fingerprint density at radius 1 is 1.42 bits per heavy atom. The second kappa shape index (κ2) is 4.67. The van der Waals surface area contributed by atoms with Crippen LogP contribution in [0.1, 0.15) is 27.4 Å². The Hall–Kier alpha value is -1.86. The molecule has 3 heterocycles. The minimum absolute atomic E-state index is 0.712. The summed E-state index contributed by atoms with van der Waals surface area (Å²) in [5.41, 5.74) is 4.94. The van der Waals surface area contributed by atoms with Gasteiger partial charge >= 0.3 is 0 Å². The van der Waals surface area contributed by atoms with Crippen LogP contribution in [0.3, 0.4) is 0 Å². The topological polar surface area (TPSA) is 39.9 Å². The molecule has 0 saturated heterocycles. The van der Waals surface area contributed by atoms with Crippen LogP contribution >= 0.6 is 11.3 Å². The van der Waals surface area contributed by atoms with Crippen LogP contribution in [0.25, 0.3) is 0 Å². The molecule has 0 atom stereocenters. The molecule has 96 valence electrons. The predicted octanol–water partition coefficient (Wildman–Crippen LogP) is 3.19. The van der Waals surface area contributed by atoms with Gasteiger partial charge < -0.3 is 4.90 Å². The zero-order valence-electron chi connectivity index (χ0n) is 11.1. The Morgan fingerprint density at radius 3 is 3.05 bits per heavy atom. The Labute approximate surface area is 117 Å². The van der Waals surface area contributed by atoms with Crippen molar-refractivity contribution in [2.45, 2.75) is 26.8 Å². The molecule has 1 aliphatic heterocycles. The third kappa shape index (κ3) is 2.11. The molecule has 2 aromatic heterocycles. The number of fused-ring (bicyclic) bond motifs is 1. The number of hydrogen-bond donors (Lipinski definition) is 0. The van der Waals surface area contributed by atoms with Crippen LogP contribution in [0.15, 0.2) is 17.5 Å². The number of thiophene rings is 1. The zero-order chi connectivity index (χ0) is 13.4. The normalized spacial score (nSPS) is 14.1. The van der Waals surface area contributed by atoms with Gasteiger partial charge in [0.05, 0.1) is 16.9 Å². The van der Waals surface area contributed by atoms with Crippen LogP contribution in [-0.2, 0) is 13.0 Å². The van der Waals surface area contributed by atoms with E-state index in [4.69, 9.17) is 0 Å². The maximum Gasteiger partial charge on any atom is 0.103 e. The SMILES string of the molecule is Cc1cc(N2CCc3sccc3C2)c(C#N)c(C)n1. The van der Waals surface area contributed by atoms with Gasteiger partial charge in [0.1, 0.15) is 6.07 Å². The first-order valence-corrected chi connectivity index (χ1v) is 7.25. The van der Waals surface area contributed by atoms with Gasteiger partial charge in [-0.1, -0.05) is 0 Å². The van der Waals surface area contributed by atoms with Gasteiger partial charge in [0.25, 0.3) is 0 Å². The fourth-order valence-electron chi connectivity index (χ4n) is 2.65. The van der Waals surface area contributed by atoms with E-state index >= 15 is 0 Å². The summed E-state index contributed by atoms with van der Waals surface area (Å²) in [6.45, 7) is 5.77. The van der Waals surface area contributed by atoms with E-state index in [9.17, 15) is 5.26 Å². The number of hydrogen-bond acceptors (Lipinski definition) is 4. The minimum atomic E-state index is 0.712. The van der Waals surface area contributed by atoms with Crippen LogP contribution in [0, 0.1) is 25.2 Å². The van der Waals surface area contributed by atoms with Crippen molar-refractivity contribution in [2.24, 2.45) is 0 Å². The second-order valence-electron chi connectivity index (χ2n) is 4.90. The molecule has 3 nitrogen and oxygen atoms in total. The molecule has 0 bridgehead atoms. The van der Waals surface area contributed by atoms with Crippen LogP contribution in [0.5, 0.6) is 0 Å². The summed E-state index contributed by atoms with van der Waals surface area (Å²) in [5, 5.41) is 11.5. The van der Waals surface area contributed by atoms with Crippen molar-refractivity contribution in [3.63, 3.8) is 0 Å². The molecule has 0 aromatic carbocycles. The van der Waals surface area contributed by atoms with Crippen molar-refractivity contribution >= 4 is 17.0 Å². The molecular formula is C15H15N3S. The summed E-state index contributed by atoms with van der Waals surface area (Å²) < 4.78 is 0. The predicted molar refractivity (Wildman–Crippen MR) is 77.5 cm³/mol. The highest BCUT2D eigenvalue weighted by molar-refractivity contribution is 7.10. The van der Waals surface area contributed by atoms with Crippen molar-refractivity contribution in [3.05, 3.63) is 44.9 Å². The van der Waals surface area contributed by atoms with E-state index in [0.29, 0.717) is 5.56 Å². The summed E-state index contributed by atoms with van der Waals surface area (Å²) >= 11 is 1.83. The van der Waals surface area contributed by atoms with E-state index in [1.165, 1.54) is 10.4 Å². The number of pyridine rings is 1. The van der Waals surface area contributed by atoms with Crippen LogP contribution in [0.2, 0.25) is 0 Å². The summed E-state index contributed by atoms with van der Waals surface area (Å²) in [7, 11) is 0. The number of anilines is 1. The lowest BCUT2D eigenvalue weighted by atomic mass is 10.1. The lowest BCUT2D eigenvalue weighted by Gasteiger charge is -2.30. The Bertz CT molecular complexity index is 667. The summed E-state index contributed by atoms with van der Waals surface area (Å²) in [6.07, 6.45) is 1.07. The number of aryl methyl sites for hydroxylation is 2. The molecule has 0 N–H and O–H groups in total. The first-order chi connectivity index (χ1) is 9.19. The van der Waals surface area contributed by atoms with Gasteiger partial charge in [-0.05, 0) is 43.3 Å². The Kier molecular flexibility index (Phi) is 3.00. The first kappa shape index (κ1) is 12.2. The fourth-order valence-corrected chi connectivity index (χ4v) is 3.54. The molecule has 19 heavy (non-hydrogen) atoms. The molecule has 4 heteroatoms. The lowest BCUT2D eigenvalue weighted by Crippen LogP contribution is -2.30. The maximum absolute atomic E-state index is 9.36. The van der Waals surface area contributed by atoms with E-state index in [0.717, 1.165) is 36.6 Å². The molecule has 2 aromatic rings. The van der Waals surface area contributed by atoms with E-state index in [2.05, 4.69) is 27.4 Å². The molecule has 1 aliphatic rings. The molecule has 0 radical (unpaired) electrons. The summed E-state index contributed by atoms with van der Waals surface area (Å²) in [5.74, 6) is 0. The largest absolute Gasteiger partial charge is 0.366 e. The monoisotopic (exact) mass is 269 g/mol. The number of nitrogens with zero attached hydrogens (tertiary/aromatic N) is 3. The molecule has 0 aliphatic carbocycles. The molecular weight excluding hydrogens is 254 g/mol. The van der Waals surface area contributed by atoms with E-state index in [1.54, 1.807) is 0 Å². The molecule has 0 fully saturated rings.